The highest BCUT2D eigenvalue weighted by molar-refractivity contribution is 6.00. The lowest BCUT2D eigenvalue weighted by atomic mass is 10.1. The van der Waals surface area contributed by atoms with Crippen molar-refractivity contribution in [2.45, 2.75) is 13.0 Å². The van der Waals surface area contributed by atoms with Crippen LogP contribution in [0.1, 0.15) is 17.3 Å². The number of amides is 1. The van der Waals surface area contributed by atoms with Crippen LogP contribution in [0.15, 0.2) is 42.5 Å². The summed E-state index contributed by atoms with van der Waals surface area (Å²) >= 11 is 0. The number of hydrogen-bond donors (Lipinski definition) is 0. The Kier molecular flexibility index (Phi) is 5.44. The van der Waals surface area contributed by atoms with Gasteiger partial charge in [-0.3, -0.25) is 14.9 Å². The topological polar surface area (TPSA) is 108 Å². The van der Waals surface area contributed by atoms with Gasteiger partial charge in [0, 0.05) is 18.8 Å². The zero-order chi connectivity index (χ0) is 20.3. The third-order valence-corrected chi connectivity index (χ3v) is 4.18. The predicted molar refractivity (Wildman–Crippen MR) is 98.8 cm³/mol. The first kappa shape index (κ1) is 19.2. The van der Waals surface area contributed by atoms with E-state index in [1.54, 1.807) is 31.3 Å². The second-order valence-electron chi connectivity index (χ2n) is 6.05. The van der Waals surface area contributed by atoms with E-state index in [0.29, 0.717) is 5.69 Å². The molecule has 2 aromatic rings. The average molecular weight is 386 g/mol. The van der Waals surface area contributed by atoms with Crippen LogP contribution in [0.2, 0.25) is 0 Å². The fourth-order valence-electron chi connectivity index (χ4n) is 2.72. The summed E-state index contributed by atoms with van der Waals surface area (Å²) in [5, 5.41) is 11.4. The Morgan fingerprint density at radius 2 is 1.75 bits per heavy atom. The fraction of sp³-hybridized carbons (Fsp3) is 0.263. The zero-order valence-corrected chi connectivity index (χ0v) is 15.3. The van der Waals surface area contributed by atoms with Gasteiger partial charge in [0.15, 0.2) is 17.6 Å². The quantitative estimate of drug-likeness (QED) is 0.441. The van der Waals surface area contributed by atoms with Crippen LogP contribution in [-0.2, 0) is 9.53 Å². The molecule has 1 heterocycles. The van der Waals surface area contributed by atoms with Gasteiger partial charge in [0.25, 0.3) is 11.6 Å². The van der Waals surface area contributed by atoms with Gasteiger partial charge in [-0.05, 0) is 19.1 Å². The number of esters is 1. The number of benzene rings is 2. The van der Waals surface area contributed by atoms with E-state index in [0.717, 1.165) is 6.07 Å². The summed E-state index contributed by atoms with van der Waals surface area (Å²) in [6.45, 7) is 1.92. The number of ether oxygens (including phenoxy) is 3. The van der Waals surface area contributed by atoms with Crippen LogP contribution in [0.5, 0.6) is 11.5 Å². The number of nitro benzene ring substituents is 1. The van der Waals surface area contributed by atoms with E-state index in [4.69, 9.17) is 14.2 Å². The number of anilines is 1. The second kappa shape index (κ2) is 7.95. The number of nitro groups is 1. The van der Waals surface area contributed by atoms with E-state index in [2.05, 4.69) is 0 Å². The van der Waals surface area contributed by atoms with Crippen LogP contribution in [0.25, 0.3) is 0 Å². The largest absolute Gasteiger partial charge is 0.486 e. The van der Waals surface area contributed by atoms with Gasteiger partial charge in [0.05, 0.1) is 11.0 Å². The lowest BCUT2D eigenvalue weighted by molar-refractivity contribution is -0.385. The molecule has 0 aliphatic carbocycles. The maximum Gasteiger partial charge on any atom is 0.346 e. The maximum atomic E-state index is 12.5. The smallest absolute Gasteiger partial charge is 0.346 e. The second-order valence-corrected chi connectivity index (χ2v) is 6.05. The summed E-state index contributed by atoms with van der Waals surface area (Å²) in [7, 11) is 1.55. The molecule has 2 aromatic carbocycles. The molecule has 3 rings (SSSR count). The van der Waals surface area contributed by atoms with Crippen LogP contribution >= 0.6 is 0 Å². The van der Waals surface area contributed by atoms with Crippen LogP contribution < -0.4 is 14.4 Å². The molecule has 0 bridgehead atoms. The monoisotopic (exact) mass is 386 g/mol. The molecule has 1 aliphatic heterocycles. The lowest BCUT2D eigenvalue weighted by Gasteiger charge is -2.22. The van der Waals surface area contributed by atoms with E-state index >= 15 is 0 Å². The van der Waals surface area contributed by atoms with Crippen molar-refractivity contribution in [2.24, 2.45) is 0 Å². The number of para-hydroxylation sites is 1. The molecule has 0 aromatic heterocycles. The van der Waals surface area contributed by atoms with Gasteiger partial charge in [-0.25, -0.2) is 4.79 Å². The number of rotatable bonds is 5. The first-order valence-corrected chi connectivity index (χ1v) is 8.50. The summed E-state index contributed by atoms with van der Waals surface area (Å²) in [4.78, 5) is 37.1. The Labute approximate surface area is 160 Å². The normalized spacial score (nSPS) is 13.4. The minimum Gasteiger partial charge on any atom is -0.486 e. The van der Waals surface area contributed by atoms with Gasteiger partial charge in [-0.15, -0.1) is 0 Å². The number of carbonyl (C=O) groups is 2. The number of carbonyl (C=O) groups excluding carboxylic acids is 2. The minimum absolute atomic E-state index is 0.183. The number of likely N-dealkylation sites (N-methyl/N-ethyl adjacent to an activating group) is 1. The molecule has 1 unspecified atom stereocenters. The Bertz CT molecular complexity index is 914. The third kappa shape index (κ3) is 3.88. The Morgan fingerprint density at radius 3 is 2.36 bits per heavy atom. The highest BCUT2D eigenvalue weighted by atomic mass is 16.6. The van der Waals surface area contributed by atoms with E-state index in [1.807, 2.05) is 6.07 Å². The SMILES string of the molecule is CC(OC(=O)c1cc2c(cc1[N+](=O)[O-])OCCO2)C(=O)N(C)c1ccccc1. The van der Waals surface area contributed by atoms with Crippen LogP contribution in [0, 0.1) is 10.1 Å². The summed E-state index contributed by atoms with van der Waals surface area (Å²) in [6, 6.07) is 11.1. The molecule has 9 heteroatoms. The first-order chi connectivity index (χ1) is 13.4. The highest BCUT2D eigenvalue weighted by Gasteiger charge is 2.30. The van der Waals surface area contributed by atoms with Crippen molar-refractivity contribution in [1.82, 2.24) is 0 Å². The lowest BCUT2D eigenvalue weighted by Crippen LogP contribution is -2.37. The summed E-state index contributed by atoms with van der Waals surface area (Å²) in [5.41, 5.74) is -0.165. The molecular weight excluding hydrogens is 368 g/mol. The molecule has 9 nitrogen and oxygen atoms in total. The van der Waals surface area contributed by atoms with Crippen molar-refractivity contribution in [1.29, 1.82) is 0 Å². The predicted octanol–water partition coefficient (Wildman–Crippen LogP) is 2.57. The molecule has 146 valence electrons. The van der Waals surface area contributed by atoms with Gasteiger partial charge in [-0.2, -0.15) is 0 Å². The summed E-state index contributed by atoms with van der Waals surface area (Å²) in [5.74, 6) is -1.07. The van der Waals surface area contributed by atoms with Crippen LogP contribution in [0.4, 0.5) is 11.4 Å². The molecule has 0 saturated heterocycles. The molecule has 1 amide bonds. The Hall–Kier alpha value is -3.62. The molecule has 0 fully saturated rings. The fourth-order valence-corrected chi connectivity index (χ4v) is 2.72. The molecule has 0 N–H and O–H groups in total. The maximum absolute atomic E-state index is 12.5. The molecule has 0 radical (unpaired) electrons. The van der Waals surface area contributed by atoms with Gasteiger partial charge in [0.1, 0.15) is 18.8 Å². The van der Waals surface area contributed by atoms with Crippen LogP contribution in [-0.4, -0.2) is 43.2 Å². The number of nitrogens with zero attached hydrogens (tertiary/aromatic N) is 2. The molecule has 0 saturated carbocycles. The third-order valence-electron chi connectivity index (χ3n) is 4.18. The van der Waals surface area contributed by atoms with Crippen molar-refractivity contribution in [3.63, 3.8) is 0 Å². The van der Waals surface area contributed by atoms with Crippen molar-refractivity contribution < 1.29 is 28.7 Å². The molecule has 28 heavy (non-hydrogen) atoms. The summed E-state index contributed by atoms with van der Waals surface area (Å²) < 4.78 is 15.9. The van der Waals surface area contributed by atoms with Gasteiger partial charge >= 0.3 is 5.97 Å². The van der Waals surface area contributed by atoms with Gasteiger partial charge < -0.3 is 19.1 Å². The minimum atomic E-state index is -1.15. The van der Waals surface area contributed by atoms with E-state index < -0.39 is 28.6 Å². The van der Waals surface area contributed by atoms with E-state index in [1.165, 1.54) is 17.9 Å². The molecule has 1 atom stereocenters. The average Bonchev–Trinajstić information content (AvgIpc) is 2.72. The molecule has 0 spiro atoms. The van der Waals surface area contributed by atoms with Crippen LogP contribution in [0.3, 0.4) is 0 Å². The standard InChI is InChI=1S/C19H18N2O7/c1-12(18(22)20(2)13-6-4-3-5-7-13)28-19(23)14-10-16-17(27-9-8-26-16)11-15(14)21(24)25/h3-7,10-12H,8-9H2,1-2H3. The van der Waals surface area contributed by atoms with E-state index in [9.17, 15) is 19.7 Å². The number of fused-ring (bicyclic) bond motifs is 1. The first-order valence-electron chi connectivity index (χ1n) is 8.50. The molecule has 1 aliphatic rings. The number of hydrogen-bond acceptors (Lipinski definition) is 7. The van der Waals surface area contributed by atoms with Crippen molar-refractivity contribution in [3.8, 4) is 11.5 Å². The highest BCUT2D eigenvalue weighted by Crippen LogP contribution is 2.37. The van der Waals surface area contributed by atoms with Crippen molar-refractivity contribution >= 4 is 23.3 Å². The zero-order valence-electron chi connectivity index (χ0n) is 15.3. The Balaban J connectivity index is 1.80. The summed E-state index contributed by atoms with van der Waals surface area (Å²) in [6.07, 6.45) is -1.15. The van der Waals surface area contributed by atoms with Gasteiger partial charge in [0.2, 0.25) is 0 Å². The van der Waals surface area contributed by atoms with E-state index in [-0.39, 0.29) is 30.3 Å². The van der Waals surface area contributed by atoms with Crippen molar-refractivity contribution in [3.05, 3.63) is 58.1 Å². The Morgan fingerprint density at radius 1 is 1.14 bits per heavy atom. The van der Waals surface area contributed by atoms with Gasteiger partial charge in [-0.1, -0.05) is 18.2 Å². The van der Waals surface area contributed by atoms with Crippen molar-refractivity contribution in [2.75, 3.05) is 25.2 Å². The molecular formula is C19H18N2O7.